The van der Waals surface area contributed by atoms with Gasteiger partial charge >= 0.3 is 0 Å². The van der Waals surface area contributed by atoms with Gasteiger partial charge in [-0.15, -0.1) is 11.3 Å². The molecule has 1 heterocycles. The van der Waals surface area contributed by atoms with Crippen molar-refractivity contribution in [3.8, 4) is 0 Å². The maximum atomic E-state index is 5.64. The third-order valence-electron chi connectivity index (χ3n) is 2.74. The van der Waals surface area contributed by atoms with Gasteiger partial charge in [0, 0.05) is 24.7 Å². The Labute approximate surface area is 106 Å². The second kappa shape index (κ2) is 5.31. The Hall–Kier alpha value is -1.36. The summed E-state index contributed by atoms with van der Waals surface area (Å²) in [4.78, 5) is 3.31. The molecule has 1 aromatic carbocycles. The van der Waals surface area contributed by atoms with Crippen molar-refractivity contribution in [1.82, 2.24) is 5.43 Å². The zero-order valence-corrected chi connectivity index (χ0v) is 10.9. The highest BCUT2D eigenvalue weighted by Crippen LogP contribution is 2.26. The Bertz CT molecular complexity index is 448. The molecule has 0 aliphatic heterocycles. The molecule has 1 unspecified atom stereocenters. The lowest BCUT2D eigenvalue weighted by Gasteiger charge is -2.17. The Morgan fingerprint density at radius 3 is 2.35 bits per heavy atom. The molecule has 1 atom stereocenters. The summed E-state index contributed by atoms with van der Waals surface area (Å²) in [6, 6.07) is 12.6. The molecule has 4 heteroatoms. The van der Waals surface area contributed by atoms with Crippen molar-refractivity contribution in [3.63, 3.8) is 0 Å². The molecular weight excluding hydrogens is 230 g/mol. The van der Waals surface area contributed by atoms with Gasteiger partial charge in [-0.2, -0.15) is 0 Å². The molecule has 0 saturated carbocycles. The highest BCUT2D eigenvalue weighted by molar-refractivity contribution is 7.10. The standard InChI is InChI=1S/C13H17N3S/c1-16(2)11-7-5-10(6-8-11)13(15-14)12-4-3-9-17-12/h3-9,13,15H,14H2,1-2H3. The van der Waals surface area contributed by atoms with Gasteiger partial charge in [-0.1, -0.05) is 18.2 Å². The van der Waals surface area contributed by atoms with Gasteiger partial charge in [-0.25, -0.2) is 5.43 Å². The fourth-order valence-electron chi connectivity index (χ4n) is 1.76. The highest BCUT2D eigenvalue weighted by Gasteiger charge is 2.12. The minimum Gasteiger partial charge on any atom is -0.378 e. The number of nitrogens with two attached hydrogens (primary N) is 1. The summed E-state index contributed by atoms with van der Waals surface area (Å²) in [6.45, 7) is 0. The summed E-state index contributed by atoms with van der Waals surface area (Å²) < 4.78 is 0. The smallest absolute Gasteiger partial charge is 0.0802 e. The lowest BCUT2D eigenvalue weighted by molar-refractivity contribution is 0.646. The molecule has 3 nitrogen and oxygen atoms in total. The van der Waals surface area contributed by atoms with Gasteiger partial charge in [0.25, 0.3) is 0 Å². The normalized spacial score (nSPS) is 12.4. The van der Waals surface area contributed by atoms with Gasteiger partial charge in [0.2, 0.25) is 0 Å². The number of anilines is 1. The summed E-state index contributed by atoms with van der Waals surface area (Å²) in [7, 11) is 4.07. The van der Waals surface area contributed by atoms with Crippen LogP contribution >= 0.6 is 11.3 Å². The van der Waals surface area contributed by atoms with Crippen molar-refractivity contribution >= 4 is 17.0 Å². The van der Waals surface area contributed by atoms with Crippen LogP contribution in [-0.2, 0) is 0 Å². The minimum absolute atomic E-state index is 0.0752. The predicted octanol–water partition coefficient (Wildman–Crippen LogP) is 2.37. The molecule has 90 valence electrons. The minimum atomic E-state index is 0.0752. The van der Waals surface area contributed by atoms with Gasteiger partial charge in [0.05, 0.1) is 6.04 Å². The first-order valence-corrected chi connectivity index (χ1v) is 6.37. The number of nitrogens with zero attached hydrogens (tertiary/aromatic N) is 1. The Kier molecular flexibility index (Phi) is 3.78. The van der Waals surface area contributed by atoms with Crippen LogP contribution in [0.3, 0.4) is 0 Å². The van der Waals surface area contributed by atoms with Crippen LogP contribution < -0.4 is 16.2 Å². The fourth-order valence-corrected chi connectivity index (χ4v) is 2.57. The van der Waals surface area contributed by atoms with E-state index in [1.54, 1.807) is 11.3 Å². The van der Waals surface area contributed by atoms with E-state index in [0.717, 1.165) is 0 Å². The maximum Gasteiger partial charge on any atom is 0.0802 e. The Morgan fingerprint density at radius 2 is 1.88 bits per heavy atom. The fraction of sp³-hybridized carbons (Fsp3) is 0.231. The van der Waals surface area contributed by atoms with Crippen molar-refractivity contribution in [1.29, 1.82) is 0 Å². The molecule has 0 bridgehead atoms. The number of hydrogen-bond acceptors (Lipinski definition) is 4. The van der Waals surface area contributed by atoms with E-state index in [9.17, 15) is 0 Å². The van der Waals surface area contributed by atoms with E-state index in [4.69, 9.17) is 5.84 Å². The zero-order valence-electron chi connectivity index (χ0n) is 10.1. The summed E-state index contributed by atoms with van der Waals surface area (Å²) in [5.41, 5.74) is 5.24. The summed E-state index contributed by atoms with van der Waals surface area (Å²) in [6.07, 6.45) is 0. The molecule has 17 heavy (non-hydrogen) atoms. The molecule has 0 fully saturated rings. The van der Waals surface area contributed by atoms with E-state index in [1.807, 2.05) is 20.2 Å². The quantitative estimate of drug-likeness (QED) is 0.644. The highest BCUT2D eigenvalue weighted by atomic mass is 32.1. The van der Waals surface area contributed by atoms with Crippen molar-refractivity contribution < 1.29 is 0 Å². The van der Waals surface area contributed by atoms with Crippen LogP contribution in [-0.4, -0.2) is 14.1 Å². The van der Waals surface area contributed by atoms with Crippen molar-refractivity contribution in [2.45, 2.75) is 6.04 Å². The number of rotatable bonds is 4. The SMILES string of the molecule is CN(C)c1ccc(C(NN)c2cccs2)cc1. The third kappa shape index (κ3) is 2.66. The molecule has 3 N–H and O–H groups in total. The van der Waals surface area contributed by atoms with Crippen LogP contribution in [0.15, 0.2) is 41.8 Å². The second-order valence-corrected chi connectivity index (χ2v) is 5.08. The molecule has 0 amide bonds. The molecule has 0 aliphatic rings. The van der Waals surface area contributed by atoms with Gasteiger partial charge in [-0.05, 0) is 29.1 Å². The van der Waals surface area contributed by atoms with Crippen LogP contribution in [0.5, 0.6) is 0 Å². The summed E-state index contributed by atoms with van der Waals surface area (Å²) in [5.74, 6) is 5.64. The lowest BCUT2D eigenvalue weighted by Crippen LogP contribution is -2.28. The summed E-state index contributed by atoms with van der Waals surface area (Å²) >= 11 is 1.71. The Morgan fingerprint density at radius 1 is 1.18 bits per heavy atom. The number of benzene rings is 1. The molecule has 0 saturated heterocycles. The van der Waals surface area contributed by atoms with Crippen molar-refractivity contribution in [2.75, 3.05) is 19.0 Å². The van der Waals surface area contributed by atoms with Crippen LogP contribution in [0, 0.1) is 0 Å². The van der Waals surface area contributed by atoms with Crippen LogP contribution in [0.1, 0.15) is 16.5 Å². The van der Waals surface area contributed by atoms with Gasteiger partial charge in [0.15, 0.2) is 0 Å². The maximum absolute atomic E-state index is 5.64. The number of hydrazine groups is 1. The number of thiophene rings is 1. The number of hydrogen-bond donors (Lipinski definition) is 2. The molecule has 0 spiro atoms. The monoisotopic (exact) mass is 247 g/mol. The molecule has 0 aliphatic carbocycles. The van der Waals surface area contributed by atoms with Crippen LogP contribution in [0.4, 0.5) is 5.69 Å². The van der Waals surface area contributed by atoms with Crippen molar-refractivity contribution in [3.05, 3.63) is 52.2 Å². The van der Waals surface area contributed by atoms with E-state index >= 15 is 0 Å². The van der Waals surface area contributed by atoms with Crippen molar-refractivity contribution in [2.24, 2.45) is 5.84 Å². The van der Waals surface area contributed by atoms with E-state index in [-0.39, 0.29) is 6.04 Å². The molecular formula is C13H17N3S. The third-order valence-corrected chi connectivity index (χ3v) is 3.67. The summed E-state index contributed by atoms with van der Waals surface area (Å²) in [5, 5.41) is 2.06. The molecule has 0 radical (unpaired) electrons. The first-order chi connectivity index (χ1) is 8.22. The van der Waals surface area contributed by atoms with Crippen LogP contribution in [0.2, 0.25) is 0 Å². The first kappa shape index (κ1) is 12.1. The van der Waals surface area contributed by atoms with Gasteiger partial charge in [-0.3, -0.25) is 5.84 Å². The van der Waals surface area contributed by atoms with E-state index in [0.29, 0.717) is 0 Å². The second-order valence-electron chi connectivity index (χ2n) is 4.10. The predicted molar refractivity (Wildman–Crippen MR) is 74.3 cm³/mol. The average molecular weight is 247 g/mol. The van der Waals surface area contributed by atoms with E-state index in [2.05, 4.69) is 46.0 Å². The van der Waals surface area contributed by atoms with E-state index in [1.165, 1.54) is 16.1 Å². The Balaban J connectivity index is 2.26. The first-order valence-electron chi connectivity index (χ1n) is 5.49. The zero-order chi connectivity index (χ0) is 12.3. The van der Waals surface area contributed by atoms with Crippen LogP contribution in [0.25, 0.3) is 0 Å². The number of nitrogens with one attached hydrogen (secondary N) is 1. The largest absolute Gasteiger partial charge is 0.378 e. The molecule has 1 aromatic heterocycles. The van der Waals surface area contributed by atoms with Gasteiger partial charge < -0.3 is 4.90 Å². The molecule has 2 aromatic rings. The van der Waals surface area contributed by atoms with Gasteiger partial charge in [0.1, 0.15) is 0 Å². The average Bonchev–Trinajstić information content (AvgIpc) is 2.84. The van der Waals surface area contributed by atoms with E-state index < -0.39 is 0 Å². The lowest BCUT2D eigenvalue weighted by atomic mass is 10.1. The topological polar surface area (TPSA) is 41.3 Å². The molecule has 2 rings (SSSR count).